The minimum Gasteiger partial charge on any atom is -0.156 e. The molecule has 0 amide bonds. The molecule has 1 fully saturated rings. The fourth-order valence-electron chi connectivity index (χ4n) is 0.944. The van der Waals surface area contributed by atoms with Crippen LogP contribution in [0.2, 0.25) is 0 Å². The number of azide groups is 1. The van der Waals surface area contributed by atoms with Gasteiger partial charge < -0.3 is 0 Å². The van der Waals surface area contributed by atoms with Gasteiger partial charge in [-0.2, -0.15) is 11.8 Å². The van der Waals surface area contributed by atoms with Gasteiger partial charge >= 0.3 is 0 Å². The largest absolute Gasteiger partial charge is 0.156 e. The molecule has 1 aliphatic heterocycles. The molecule has 0 spiro atoms. The van der Waals surface area contributed by atoms with Gasteiger partial charge in [0.05, 0.1) is 0 Å². The summed E-state index contributed by atoms with van der Waals surface area (Å²) in [5.74, 6) is 2.26. The minimum atomic E-state index is -0.225. The first-order chi connectivity index (χ1) is 5.19. The second kappa shape index (κ2) is 3.61. The van der Waals surface area contributed by atoms with E-state index in [1.807, 2.05) is 18.7 Å². The molecule has 3 nitrogen and oxygen atoms in total. The molecule has 62 valence electrons. The highest BCUT2D eigenvalue weighted by Crippen LogP contribution is 2.41. The Hall–Kier alpha value is 0.01000. The molecule has 0 unspecified atom stereocenters. The molecule has 0 bridgehead atoms. The van der Waals surface area contributed by atoms with Crippen molar-refractivity contribution in [2.75, 3.05) is 11.5 Å². The van der Waals surface area contributed by atoms with E-state index in [-0.39, 0.29) is 4.87 Å². The van der Waals surface area contributed by atoms with E-state index in [2.05, 4.69) is 16.9 Å². The molecule has 1 heterocycles. The Morgan fingerprint density at radius 3 is 2.91 bits per heavy atom. The summed E-state index contributed by atoms with van der Waals surface area (Å²) < 4.78 is 0. The lowest BCUT2D eigenvalue weighted by atomic mass is 10.2. The van der Waals surface area contributed by atoms with E-state index >= 15 is 0 Å². The molecular formula is C6H11N3S2. The van der Waals surface area contributed by atoms with Gasteiger partial charge in [-0.05, 0) is 12.5 Å². The SMILES string of the molecule is C[C@H]1SCCS[C@]1(C)N=[N+]=[N-]. The summed E-state index contributed by atoms with van der Waals surface area (Å²) in [6.45, 7) is 4.12. The van der Waals surface area contributed by atoms with Crippen LogP contribution in [0, 0.1) is 0 Å². The van der Waals surface area contributed by atoms with E-state index in [0.29, 0.717) is 5.25 Å². The number of hydrogen-bond acceptors (Lipinski definition) is 3. The molecule has 0 saturated carbocycles. The first-order valence-corrected chi connectivity index (χ1v) is 5.54. The van der Waals surface area contributed by atoms with Crippen molar-refractivity contribution >= 4 is 23.5 Å². The predicted molar refractivity (Wildman–Crippen MR) is 51.9 cm³/mol. The maximum atomic E-state index is 8.34. The Balaban J connectivity index is 2.72. The van der Waals surface area contributed by atoms with Crippen molar-refractivity contribution in [1.29, 1.82) is 0 Å². The van der Waals surface area contributed by atoms with Crippen LogP contribution in [0.4, 0.5) is 0 Å². The van der Waals surface area contributed by atoms with Gasteiger partial charge in [-0.25, -0.2) is 0 Å². The summed E-state index contributed by atoms with van der Waals surface area (Å²) in [5, 5.41) is 4.25. The van der Waals surface area contributed by atoms with Crippen molar-refractivity contribution in [3.05, 3.63) is 10.4 Å². The van der Waals surface area contributed by atoms with Crippen LogP contribution in [0.25, 0.3) is 10.4 Å². The van der Waals surface area contributed by atoms with Gasteiger partial charge in [0.2, 0.25) is 0 Å². The predicted octanol–water partition coefficient (Wildman–Crippen LogP) is 2.88. The first-order valence-electron chi connectivity index (χ1n) is 3.51. The van der Waals surface area contributed by atoms with Crippen molar-refractivity contribution in [1.82, 2.24) is 0 Å². The van der Waals surface area contributed by atoms with Crippen LogP contribution in [-0.4, -0.2) is 21.6 Å². The van der Waals surface area contributed by atoms with Gasteiger partial charge in [-0.3, -0.25) is 0 Å². The Morgan fingerprint density at radius 2 is 2.36 bits per heavy atom. The normalized spacial score (nSPS) is 37.8. The zero-order chi connectivity index (χ0) is 8.32. The van der Waals surface area contributed by atoms with Crippen molar-refractivity contribution in [2.45, 2.75) is 24.0 Å². The lowest BCUT2D eigenvalue weighted by Gasteiger charge is -2.33. The standard InChI is InChI=1S/C6H11N3S2/c1-5-6(2,8-9-7)11-4-3-10-5/h5H,3-4H2,1-2H3/t5-,6+/m1/s1. The minimum absolute atomic E-state index is 0.225. The van der Waals surface area contributed by atoms with Gasteiger partial charge in [0.25, 0.3) is 0 Å². The summed E-state index contributed by atoms with van der Waals surface area (Å²) >= 11 is 3.64. The van der Waals surface area contributed by atoms with E-state index < -0.39 is 0 Å². The maximum Gasteiger partial charge on any atom is 0.103 e. The van der Waals surface area contributed by atoms with Crippen molar-refractivity contribution in [3.8, 4) is 0 Å². The summed E-state index contributed by atoms with van der Waals surface area (Å²) in [7, 11) is 0. The molecular weight excluding hydrogens is 178 g/mol. The fourth-order valence-corrected chi connectivity index (χ4v) is 3.52. The zero-order valence-electron chi connectivity index (χ0n) is 6.65. The third kappa shape index (κ3) is 1.98. The van der Waals surface area contributed by atoms with E-state index in [9.17, 15) is 0 Å². The molecule has 0 aliphatic carbocycles. The monoisotopic (exact) mass is 189 g/mol. The highest BCUT2D eigenvalue weighted by Gasteiger charge is 2.33. The molecule has 0 radical (unpaired) electrons. The van der Waals surface area contributed by atoms with Crippen LogP contribution in [0.15, 0.2) is 5.11 Å². The van der Waals surface area contributed by atoms with E-state index in [1.54, 1.807) is 11.8 Å². The molecule has 0 aromatic heterocycles. The van der Waals surface area contributed by atoms with Crippen molar-refractivity contribution < 1.29 is 0 Å². The smallest absolute Gasteiger partial charge is 0.103 e. The summed E-state index contributed by atoms with van der Waals surface area (Å²) in [5.41, 5.74) is 8.34. The molecule has 2 atom stereocenters. The number of nitrogens with zero attached hydrogens (tertiary/aromatic N) is 3. The van der Waals surface area contributed by atoms with Gasteiger partial charge in [-0.1, -0.05) is 12.0 Å². The van der Waals surface area contributed by atoms with Crippen LogP contribution in [-0.2, 0) is 0 Å². The van der Waals surface area contributed by atoms with E-state index in [4.69, 9.17) is 5.53 Å². The second-order valence-corrected chi connectivity index (χ2v) is 5.58. The van der Waals surface area contributed by atoms with Gasteiger partial charge in [0.1, 0.15) is 4.87 Å². The van der Waals surface area contributed by atoms with Gasteiger partial charge in [0, 0.05) is 21.7 Å². The molecule has 1 rings (SSSR count). The summed E-state index contributed by atoms with van der Waals surface area (Å²) in [4.78, 5) is 2.65. The lowest BCUT2D eigenvalue weighted by molar-refractivity contribution is 0.658. The summed E-state index contributed by atoms with van der Waals surface area (Å²) in [6.07, 6.45) is 0. The average Bonchev–Trinajstić information content (AvgIpc) is 1.96. The molecule has 1 aliphatic rings. The Labute approximate surface area is 74.9 Å². The number of thioether (sulfide) groups is 2. The van der Waals surface area contributed by atoms with Crippen LogP contribution in [0.1, 0.15) is 13.8 Å². The van der Waals surface area contributed by atoms with Crippen LogP contribution >= 0.6 is 23.5 Å². The molecule has 1 saturated heterocycles. The third-order valence-corrected chi connectivity index (χ3v) is 5.08. The van der Waals surface area contributed by atoms with Crippen LogP contribution in [0.5, 0.6) is 0 Å². The molecule has 11 heavy (non-hydrogen) atoms. The van der Waals surface area contributed by atoms with Crippen LogP contribution in [0.3, 0.4) is 0 Å². The average molecular weight is 189 g/mol. The first kappa shape index (κ1) is 9.10. The lowest BCUT2D eigenvalue weighted by Crippen LogP contribution is -2.33. The van der Waals surface area contributed by atoms with E-state index in [0.717, 1.165) is 5.75 Å². The topological polar surface area (TPSA) is 48.8 Å². The summed E-state index contributed by atoms with van der Waals surface area (Å²) in [6, 6.07) is 0. The Kier molecular flexibility index (Phi) is 2.98. The van der Waals surface area contributed by atoms with Crippen molar-refractivity contribution in [3.63, 3.8) is 0 Å². The van der Waals surface area contributed by atoms with Gasteiger partial charge in [-0.15, -0.1) is 11.8 Å². The third-order valence-electron chi connectivity index (χ3n) is 1.84. The molecule has 0 aromatic carbocycles. The highest BCUT2D eigenvalue weighted by molar-refractivity contribution is 8.07. The molecule has 0 aromatic rings. The maximum absolute atomic E-state index is 8.34. The second-order valence-electron chi connectivity index (χ2n) is 2.61. The fraction of sp³-hybridized carbons (Fsp3) is 1.00. The van der Waals surface area contributed by atoms with Gasteiger partial charge in [0.15, 0.2) is 0 Å². The Bertz CT molecular complexity index is 190. The zero-order valence-corrected chi connectivity index (χ0v) is 8.28. The molecule has 0 N–H and O–H groups in total. The highest BCUT2D eigenvalue weighted by atomic mass is 32.2. The molecule has 5 heteroatoms. The number of rotatable bonds is 1. The van der Waals surface area contributed by atoms with Crippen molar-refractivity contribution in [2.24, 2.45) is 5.11 Å². The number of hydrogen-bond donors (Lipinski definition) is 0. The Morgan fingerprint density at radius 1 is 1.64 bits per heavy atom. The van der Waals surface area contributed by atoms with E-state index in [1.165, 1.54) is 5.75 Å². The quantitative estimate of drug-likeness (QED) is 0.362. The van der Waals surface area contributed by atoms with Crippen LogP contribution < -0.4 is 0 Å².